The molecular weight excluding hydrogens is 182 g/mol. The average Bonchev–Trinajstić information content (AvgIpc) is 2.12. The minimum atomic E-state index is -1.82. The highest BCUT2D eigenvalue weighted by Crippen LogP contribution is 2.05. The molecule has 0 bridgehead atoms. The lowest BCUT2D eigenvalue weighted by atomic mass is 10.0. The van der Waals surface area contributed by atoms with E-state index in [1.165, 1.54) is 0 Å². The molecule has 1 unspecified atom stereocenters. The van der Waals surface area contributed by atoms with Gasteiger partial charge < -0.3 is 36.4 Å². The van der Waals surface area contributed by atoms with Gasteiger partial charge in [0.15, 0.2) is 0 Å². The highest BCUT2D eigenvalue weighted by atomic mass is 16.4. The van der Waals surface area contributed by atoms with Crippen LogP contribution in [0.15, 0.2) is 0 Å². The van der Waals surface area contributed by atoms with E-state index in [9.17, 15) is 0 Å². The van der Waals surface area contributed by atoms with Gasteiger partial charge in [-0.2, -0.15) is 0 Å². The molecule has 0 heterocycles. The first-order valence-corrected chi connectivity index (χ1v) is 3.68. The molecule has 0 aliphatic rings. The Morgan fingerprint density at radius 1 is 0.846 bits per heavy atom. The highest BCUT2D eigenvalue weighted by molar-refractivity contribution is 4.82. The minimum absolute atomic E-state index is 0.772. The first-order chi connectivity index (χ1) is 5.91. The number of hydrogen-bond acceptors (Lipinski definition) is 7. The van der Waals surface area contributed by atoms with Crippen LogP contribution in [-0.2, 0) is 0 Å². The van der Waals surface area contributed by atoms with Crippen LogP contribution in [0.4, 0.5) is 0 Å². The monoisotopic (exact) mass is 197 g/mol. The largest absolute Gasteiger partial charge is 0.394 e. The fourth-order valence-electron chi connectivity index (χ4n) is 0.740. The first kappa shape index (κ1) is 12.7. The van der Waals surface area contributed by atoms with Crippen LogP contribution in [-0.4, -0.2) is 67.9 Å². The first-order valence-electron chi connectivity index (χ1n) is 3.68. The third kappa shape index (κ3) is 3.53. The lowest BCUT2D eigenvalue weighted by Gasteiger charge is -2.26. The highest BCUT2D eigenvalue weighted by Gasteiger charge is 2.32. The van der Waals surface area contributed by atoms with E-state index in [2.05, 4.69) is 0 Å². The molecule has 0 aromatic carbocycles. The maximum atomic E-state index is 9.05. The van der Waals surface area contributed by atoms with Gasteiger partial charge in [0.2, 0.25) is 0 Å². The Morgan fingerprint density at radius 3 is 1.62 bits per heavy atom. The van der Waals surface area contributed by atoms with Gasteiger partial charge in [0.05, 0.1) is 6.61 Å². The summed E-state index contributed by atoms with van der Waals surface area (Å²) in [7, 11) is 0. The van der Waals surface area contributed by atoms with Gasteiger partial charge in [-0.1, -0.05) is 0 Å². The molecular formula is C6H15NO6. The molecule has 0 radical (unpaired) electrons. The molecule has 7 nitrogen and oxygen atoms in total. The van der Waals surface area contributed by atoms with Crippen molar-refractivity contribution in [3.63, 3.8) is 0 Å². The molecule has 8 N–H and O–H groups in total. The number of rotatable bonds is 5. The van der Waals surface area contributed by atoms with Crippen molar-refractivity contribution in [2.45, 2.75) is 30.6 Å². The molecule has 7 heteroatoms. The van der Waals surface area contributed by atoms with E-state index >= 15 is 0 Å². The molecule has 80 valence electrons. The maximum absolute atomic E-state index is 9.05. The van der Waals surface area contributed by atoms with Crippen LogP contribution < -0.4 is 5.73 Å². The number of hydrogen-bond donors (Lipinski definition) is 7. The third-order valence-electron chi connectivity index (χ3n) is 1.63. The summed E-state index contributed by atoms with van der Waals surface area (Å²) in [4.78, 5) is 0. The van der Waals surface area contributed by atoms with E-state index in [1.807, 2.05) is 0 Å². The summed E-state index contributed by atoms with van der Waals surface area (Å²) in [5, 5.41) is 52.8. The summed E-state index contributed by atoms with van der Waals surface area (Å²) in [6.45, 7) is -0.772. The second-order valence-corrected chi connectivity index (χ2v) is 2.71. The molecule has 0 rings (SSSR count). The zero-order valence-corrected chi connectivity index (χ0v) is 6.85. The normalized spacial score (nSPS) is 23.3. The second-order valence-electron chi connectivity index (χ2n) is 2.71. The lowest BCUT2D eigenvalue weighted by Crippen LogP contribution is -2.52. The number of aliphatic hydroxyl groups excluding tert-OH is 6. The van der Waals surface area contributed by atoms with Crippen LogP contribution in [0.5, 0.6) is 0 Å². The summed E-state index contributed by atoms with van der Waals surface area (Å²) in [5.74, 6) is 0. The standard InChI is InChI=1S/C6H15NO6/c7-6(13)5(12)4(11)3(10)2(9)1-8/h2-6,8-13H,1,7H2/t2-,3+,4-,5+,6?/m0/s1. The van der Waals surface area contributed by atoms with Crippen LogP contribution in [0.25, 0.3) is 0 Å². The Morgan fingerprint density at radius 2 is 1.31 bits per heavy atom. The predicted molar refractivity (Wildman–Crippen MR) is 41.3 cm³/mol. The molecule has 0 saturated heterocycles. The molecule has 0 spiro atoms. The van der Waals surface area contributed by atoms with Crippen LogP contribution >= 0.6 is 0 Å². The summed E-state index contributed by atoms with van der Waals surface area (Å²) < 4.78 is 0. The van der Waals surface area contributed by atoms with Gasteiger partial charge >= 0.3 is 0 Å². The zero-order chi connectivity index (χ0) is 10.6. The summed E-state index contributed by atoms with van der Waals surface area (Å²) in [6, 6.07) is 0. The summed E-state index contributed by atoms with van der Waals surface area (Å²) in [5.41, 5.74) is 4.81. The third-order valence-corrected chi connectivity index (χ3v) is 1.63. The second kappa shape index (κ2) is 5.45. The molecule has 0 aromatic rings. The molecule has 0 fully saturated rings. The van der Waals surface area contributed by atoms with Gasteiger partial charge in [0, 0.05) is 0 Å². The smallest absolute Gasteiger partial charge is 0.131 e. The van der Waals surface area contributed by atoms with Crippen molar-refractivity contribution >= 4 is 0 Å². The van der Waals surface area contributed by atoms with E-state index < -0.39 is 37.3 Å². The van der Waals surface area contributed by atoms with Gasteiger partial charge in [-0.25, -0.2) is 0 Å². The number of nitrogens with two attached hydrogens (primary N) is 1. The fourth-order valence-corrected chi connectivity index (χ4v) is 0.740. The minimum Gasteiger partial charge on any atom is -0.394 e. The molecule has 0 amide bonds. The van der Waals surface area contributed by atoms with Crippen molar-refractivity contribution in [3.05, 3.63) is 0 Å². The van der Waals surface area contributed by atoms with Crippen molar-refractivity contribution in [2.24, 2.45) is 5.73 Å². The molecule has 0 aromatic heterocycles. The van der Waals surface area contributed by atoms with Crippen LogP contribution in [0.3, 0.4) is 0 Å². The zero-order valence-electron chi connectivity index (χ0n) is 6.85. The van der Waals surface area contributed by atoms with E-state index in [4.69, 9.17) is 36.4 Å². The van der Waals surface area contributed by atoms with E-state index in [1.54, 1.807) is 0 Å². The van der Waals surface area contributed by atoms with E-state index in [-0.39, 0.29) is 0 Å². The van der Waals surface area contributed by atoms with Crippen LogP contribution in [0, 0.1) is 0 Å². The topological polar surface area (TPSA) is 147 Å². The van der Waals surface area contributed by atoms with Gasteiger partial charge in [-0.3, -0.25) is 0 Å². The van der Waals surface area contributed by atoms with Gasteiger partial charge in [0.1, 0.15) is 30.6 Å². The Kier molecular flexibility index (Phi) is 5.33. The van der Waals surface area contributed by atoms with Gasteiger partial charge in [-0.15, -0.1) is 0 Å². The van der Waals surface area contributed by atoms with E-state index in [0.29, 0.717) is 0 Å². The molecule has 0 saturated carbocycles. The Bertz CT molecular complexity index is 143. The lowest BCUT2D eigenvalue weighted by molar-refractivity contribution is -0.139. The van der Waals surface area contributed by atoms with Gasteiger partial charge in [0.25, 0.3) is 0 Å². The van der Waals surface area contributed by atoms with Gasteiger partial charge in [-0.05, 0) is 0 Å². The average molecular weight is 197 g/mol. The number of aliphatic hydroxyl groups is 6. The SMILES string of the molecule is NC(O)[C@H](O)[C@@H](O)[C@H](O)[C@@H](O)CO. The van der Waals surface area contributed by atoms with Crippen molar-refractivity contribution in [3.8, 4) is 0 Å². The van der Waals surface area contributed by atoms with E-state index in [0.717, 1.165) is 0 Å². The summed E-state index contributed by atoms with van der Waals surface area (Å²) >= 11 is 0. The maximum Gasteiger partial charge on any atom is 0.131 e. The Hall–Kier alpha value is -0.280. The van der Waals surface area contributed by atoms with Crippen LogP contribution in [0.2, 0.25) is 0 Å². The van der Waals surface area contributed by atoms with Crippen molar-refractivity contribution in [2.75, 3.05) is 6.61 Å². The fraction of sp³-hybridized carbons (Fsp3) is 1.00. The molecule has 5 atom stereocenters. The van der Waals surface area contributed by atoms with Crippen LogP contribution in [0.1, 0.15) is 0 Å². The molecule has 0 aliphatic carbocycles. The van der Waals surface area contributed by atoms with Crippen molar-refractivity contribution < 1.29 is 30.6 Å². The predicted octanol–water partition coefficient (Wildman–Crippen LogP) is -4.30. The molecule has 0 aliphatic heterocycles. The quantitative estimate of drug-likeness (QED) is 0.220. The van der Waals surface area contributed by atoms with Crippen molar-refractivity contribution in [1.29, 1.82) is 0 Å². The molecule has 13 heavy (non-hydrogen) atoms. The van der Waals surface area contributed by atoms with Crippen molar-refractivity contribution in [1.82, 2.24) is 0 Å². The Labute approximate surface area is 74.7 Å². The Balaban J connectivity index is 4.15. The summed E-state index contributed by atoms with van der Waals surface area (Å²) in [6.07, 6.45) is -8.68.